The number of nitrogens with zero attached hydrogens (tertiary/aromatic N) is 4. The second-order valence-electron chi connectivity index (χ2n) is 6.66. The van der Waals surface area contributed by atoms with E-state index in [1.54, 1.807) is 11.3 Å². The largest absolute Gasteiger partial charge is 0.343 e. The van der Waals surface area contributed by atoms with E-state index in [1.807, 2.05) is 23.1 Å². The van der Waals surface area contributed by atoms with Crippen molar-refractivity contribution in [2.75, 3.05) is 18.0 Å². The van der Waals surface area contributed by atoms with Crippen molar-refractivity contribution in [3.8, 4) is 0 Å². The number of fused-ring (bicyclic) bond motifs is 2. The number of para-hydroxylation sites is 1. The van der Waals surface area contributed by atoms with Gasteiger partial charge < -0.3 is 14.8 Å². The third-order valence-electron chi connectivity index (χ3n) is 5.26. The van der Waals surface area contributed by atoms with Gasteiger partial charge in [-0.3, -0.25) is 9.59 Å². The number of H-pyrrole nitrogens is 1. The molecule has 2 aliphatic heterocycles. The van der Waals surface area contributed by atoms with Crippen LogP contribution in [0.1, 0.15) is 23.3 Å². The lowest BCUT2D eigenvalue weighted by molar-refractivity contribution is 0.0731. The van der Waals surface area contributed by atoms with Gasteiger partial charge in [-0.25, -0.2) is 9.97 Å². The molecule has 8 heteroatoms. The Morgan fingerprint density at radius 3 is 2.85 bits per heavy atom. The Labute approximate surface area is 153 Å². The quantitative estimate of drug-likeness (QED) is 0.748. The molecule has 2 aliphatic rings. The molecule has 0 radical (unpaired) electrons. The number of nitrogens with one attached hydrogen (secondary N) is 1. The predicted octanol–water partition coefficient (Wildman–Crippen LogP) is 1.87. The Hall–Kier alpha value is -2.74. The summed E-state index contributed by atoms with van der Waals surface area (Å²) in [5.41, 5.74) is 1.02. The second kappa shape index (κ2) is 5.91. The summed E-state index contributed by atoms with van der Waals surface area (Å²) in [5, 5.41) is 1.04. The van der Waals surface area contributed by atoms with Crippen molar-refractivity contribution in [3.63, 3.8) is 0 Å². The van der Waals surface area contributed by atoms with Crippen LogP contribution < -0.4 is 10.5 Å². The van der Waals surface area contributed by atoms with Crippen LogP contribution in [0.15, 0.2) is 41.5 Å². The molecule has 0 saturated carbocycles. The molecule has 132 valence electrons. The standard InChI is InChI=1S/C18H17N5O2S/c24-16-10-19-12(9-20-16)17(25)22-7-5-14-13(22)6-8-23(14)18-21-11-3-1-2-4-15(11)26-18/h1-4,9-10,13-14H,5-8H2,(H,20,24)/t13-,14-/m0/s1. The van der Waals surface area contributed by atoms with Gasteiger partial charge >= 0.3 is 0 Å². The lowest BCUT2D eigenvalue weighted by Gasteiger charge is -2.25. The summed E-state index contributed by atoms with van der Waals surface area (Å²) in [6.07, 6.45) is 4.41. The molecule has 1 N–H and O–H groups in total. The zero-order valence-corrected chi connectivity index (χ0v) is 14.8. The zero-order valence-electron chi connectivity index (χ0n) is 14.0. The van der Waals surface area contributed by atoms with Gasteiger partial charge in [0.25, 0.3) is 11.5 Å². The SMILES string of the molecule is O=C(c1c[nH]c(=O)cn1)N1CC[C@H]2[C@@H]1CCN2c1nc2ccccc2s1. The molecule has 0 bridgehead atoms. The summed E-state index contributed by atoms with van der Waals surface area (Å²) >= 11 is 1.71. The number of anilines is 1. The summed E-state index contributed by atoms with van der Waals surface area (Å²) < 4.78 is 1.19. The van der Waals surface area contributed by atoms with Crippen molar-refractivity contribution < 1.29 is 4.79 Å². The number of hydrogen-bond acceptors (Lipinski definition) is 6. The number of benzene rings is 1. The van der Waals surface area contributed by atoms with E-state index in [2.05, 4.69) is 20.9 Å². The van der Waals surface area contributed by atoms with E-state index < -0.39 is 0 Å². The van der Waals surface area contributed by atoms with Crippen molar-refractivity contribution in [3.05, 3.63) is 52.7 Å². The number of hydrogen-bond donors (Lipinski definition) is 1. The van der Waals surface area contributed by atoms with Crippen LogP contribution in [0, 0.1) is 0 Å². The number of aromatic amines is 1. The molecule has 3 aromatic rings. The fourth-order valence-corrected chi connectivity index (χ4v) is 5.11. The lowest BCUT2D eigenvalue weighted by Crippen LogP contribution is -2.40. The van der Waals surface area contributed by atoms with Gasteiger partial charge in [-0.2, -0.15) is 0 Å². The van der Waals surface area contributed by atoms with Crippen LogP contribution in [-0.2, 0) is 0 Å². The van der Waals surface area contributed by atoms with Gasteiger partial charge in [0.15, 0.2) is 5.13 Å². The first-order valence-corrected chi connectivity index (χ1v) is 9.50. The molecule has 2 saturated heterocycles. The smallest absolute Gasteiger partial charge is 0.274 e. The van der Waals surface area contributed by atoms with E-state index in [0.29, 0.717) is 18.3 Å². The second-order valence-corrected chi connectivity index (χ2v) is 7.67. The molecular weight excluding hydrogens is 350 g/mol. The summed E-state index contributed by atoms with van der Waals surface area (Å²) in [5.74, 6) is -0.111. The van der Waals surface area contributed by atoms with Crippen LogP contribution in [0.25, 0.3) is 10.2 Å². The third kappa shape index (κ3) is 2.40. The molecule has 2 aromatic heterocycles. The number of carbonyl (C=O) groups is 1. The molecule has 2 fully saturated rings. The van der Waals surface area contributed by atoms with Crippen molar-refractivity contribution in [2.24, 2.45) is 0 Å². The molecule has 0 aliphatic carbocycles. The number of likely N-dealkylation sites (tertiary alicyclic amines) is 1. The molecule has 4 heterocycles. The maximum absolute atomic E-state index is 12.8. The summed E-state index contributed by atoms with van der Waals surface area (Å²) in [7, 11) is 0. The number of rotatable bonds is 2. The van der Waals surface area contributed by atoms with Gasteiger partial charge in [-0.05, 0) is 25.0 Å². The monoisotopic (exact) mass is 367 g/mol. The van der Waals surface area contributed by atoms with Gasteiger partial charge in [0, 0.05) is 19.3 Å². The lowest BCUT2D eigenvalue weighted by atomic mass is 10.1. The Morgan fingerprint density at radius 1 is 1.19 bits per heavy atom. The van der Waals surface area contributed by atoms with Crippen molar-refractivity contribution >= 4 is 32.6 Å². The minimum atomic E-state index is -0.302. The Balaban J connectivity index is 1.40. The van der Waals surface area contributed by atoms with Crippen LogP contribution in [0.3, 0.4) is 0 Å². The highest BCUT2D eigenvalue weighted by atomic mass is 32.1. The predicted molar refractivity (Wildman–Crippen MR) is 99.7 cm³/mol. The first-order chi connectivity index (χ1) is 12.7. The summed E-state index contributed by atoms with van der Waals surface area (Å²) in [6, 6.07) is 8.63. The molecule has 2 atom stereocenters. The van der Waals surface area contributed by atoms with Gasteiger partial charge in [-0.15, -0.1) is 0 Å². The highest BCUT2D eigenvalue weighted by Gasteiger charge is 2.45. The van der Waals surface area contributed by atoms with Gasteiger partial charge in [-0.1, -0.05) is 23.5 Å². The molecular formula is C18H17N5O2S. The molecule has 1 aromatic carbocycles. The minimum Gasteiger partial charge on any atom is -0.343 e. The average Bonchev–Trinajstić information content (AvgIpc) is 3.35. The molecule has 7 nitrogen and oxygen atoms in total. The van der Waals surface area contributed by atoms with E-state index in [4.69, 9.17) is 4.98 Å². The number of carbonyl (C=O) groups excluding carboxylic acids is 1. The van der Waals surface area contributed by atoms with Crippen LogP contribution in [0.2, 0.25) is 0 Å². The molecule has 1 amide bonds. The average molecular weight is 367 g/mol. The summed E-state index contributed by atoms with van der Waals surface area (Å²) in [6.45, 7) is 1.61. The highest BCUT2D eigenvalue weighted by Crippen LogP contribution is 2.38. The van der Waals surface area contributed by atoms with Crippen LogP contribution in [-0.4, -0.2) is 50.9 Å². The topological polar surface area (TPSA) is 82.2 Å². The van der Waals surface area contributed by atoms with Crippen molar-refractivity contribution in [1.82, 2.24) is 19.9 Å². The minimum absolute atomic E-state index is 0.111. The van der Waals surface area contributed by atoms with Gasteiger partial charge in [0.05, 0.1) is 28.5 Å². The van der Waals surface area contributed by atoms with Gasteiger partial charge in [0.2, 0.25) is 0 Å². The number of amides is 1. The van der Waals surface area contributed by atoms with E-state index in [9.17, 15) is 9.59 Å². The molecule has 0 spiro atoms. The first-order valence-electron chi connectivity index (χ1n) is 8.68. The maximum Gasteiger partial charge on any atom is 0.274 e. The Bertz CT molecular complexity index is 992. The molecule has 26 heavy (non-hydrogen) atoms. The van der Waals surface area contributed by atoms with Crippen LogP contribution in [0.5, 0.6) is 0 Å². The fraction of sp³-hybridized carbons (Fsp3) is 0.333. The summed E-state index contributed by atoms with van der Waals surface area (Å²) in [4.78, 5) is 39.5. The Kier molecular flexibility index (Phi) is 3.53. The van der Waals surface area contributed by atoms with E-state index in [0.717, 1.165) is 36.2 Å². The molecule has 5 rings (SSSR count). The fourth-order valence-electron chi connectivity index (χ4n) is 4.07. The number of thiazole rings is 1. The van der Waals surface area contributed by atoms with Crippen molar-refractivity contribution in [1.29, 1.82) is 0 Å². The van der Waals surface area contributed by atoms with E-state index in [-0.39, 0.29) is 17.5 Å². The highest BCUT2D eigenvalue weighted by molar-refractivity contribution is 7.22. The third-order valence-corrected chi connectivity index (χ3v) is 6.33. The van der Waals surface area contributed by atoms with E-state index >= 15 is 0 Å². The number of aromatic nitrogens is 3. The first kappa shape index (κ1) is 15.5. The molecule has 0 unspecified atom stereocenters. The van der Waals surface area contributed by atoms with Crippen molar-refractivity contribution in [2.45, 2.75) is 24.9 Å². The van der Waals surface area contributed by atoms with Gasteiger partial charge in [0.1, 0.15) is 5.69 Å². The maximum atomic E-state index is 12.8. The Morgan fingerprint density at radius 2 is 2.04 bits per heavy atom. The van der Waals surface area contributed by atoms with Crippen LogP contribution in [0.4, 0.5) is 5.13 Å². The van der Waals surface area contributed by atoms with Crippen LogP contribution >= 0.6 is 11.3 Å². The zero-order chi connectivity index (χ0) is 17.7. The normalized spacial score (nSPS) is 22.2. The van der Waals surface area contributed by atoms with E-state index in [1.165, 1.54) is 10.9 Å².